The second kappa shape index (κ2) is 10.1. The van der Waals surface area contributed by atoms with Crippen LogP contribution >= 0.6 is 0 Å². The lowest BCUT2D eigenvalue weighted by molar-refractivity contribution is 0.642. The third kappa shape index (κ3) is 3.52. The second-order valence-electron chi connectivity index (χ2n) is 13.5. The van der Waals surface area contributed by atoms with E-state index in [4.69, 9.17) is 0 Å². The Morgan fingerprint density at radius 1 is 0.417 bits per heavy atom. The van der Waals surface area contributed by atoms with Gasteiger partial charge in [-0.25, -0.2) is 0 Å². The summed E-state index contributed by atoms with van der Waals surface area (Å²) in [5.41, 5.74) is 16.3. The number of benzene rings is 7. The Morgan fingerprint density at radius 3 is 1.56 bits per heavy atom. The van der Waals surface area contributed by atoms with Crippen molar-refractivity contribution in [1.29, 1.82) is 0 Å². The Kier molecular flexibility index (Phi) is 5.72. The highest BCUT2D eigenvalue weighted by atomic mass is 15.1. The van der Waals surface area contributed by atoms with Crippen molar-refractivity contribution in [2.75, 3.05) is 4.90 Å². The third-order valence-electron chi connectivity index (χ3n) is 10.7. The van der Waals surface area contributed by atoms with Gasteiger partial charge in [0.05, 0.1) is 5.41 Å². The van der Waals surface area contributed by atoms with Gasteiger partial charge in [0.15, 0.2) is 0 Å². The molecule has 10 rings (SSSR count). The lowest BCUT2D eigenvalue weighted by Crippen LogP contribution is -2.26. The van der Waals surface area contributed by atoms with Crippen LogP contribution in [-0.2, 0) is 5.41 Å². The quantitative estimate of drug-likeness (QED) is 0.191. The maximum Gasteiger partial charge on any atom is 0.0726 e. The van der Waals surface area contributed by atoms with Crippen molar-refractivity contribution in [1.82, 2.24) is 4.57 Å². The standard InChI is InChI=1S/C46H34N2/c1-30(2)47-44-23-13-9-19-38(44)39-28-32(25-27-45(39)47)48(31-14-4-3-5-15-31)33-24-26-37-36-18-8-12-22-42(36)46(43(37)29-33)40-20-10-6-16-34(40)35-17-7-11-21-41(35)46/h3-30H,1-2H3. The predicted molar refractivity (Wildman–Crippen MR) is 201 cm³/mol. The van der Waals surface area contributed by atoms with Crippen LogP contribution in [0.2, 0.25) is 0 Å². The summed E-state index contributed by atoms with van der Waals surface area (Å²) in [4.78, 5) is 2.44. The normalized spacial score (nSPS) is 13.6. The van der Waals surface area contributed by atoms with E-state index in [2.05, 4.69) is 187 Å². The minimum atomic E-state index is -0.383. The van der Waals surface area contributed by atoms with Gasteiger partial charge in [-0.1, -0.05) is 115 Å². The molecule has 0 N–H and O–H groups in total. The van der Waals surface area contributed by atoms with Crippen LogP contribution in [0.5, 0.6) is 0 Å². The molecule has 8 aromatic rings. The fourth-order valence-corrected chi connectivity index (χ4v) is 8.93. The molecule has 0 radical (unpaired) electrons. The third-order valence-corrected chi connectivity index (χ3v) is 10.7. The predicted octanol–water partition coefficient (Wildman–Crippen LogP) is 12.2. The summed E-state index contributed by atoms with van der Waals surface area (Å²) >= 11 is 0. The molecule has 0 atom stereocenters. The second-order valence-corrected chi connectivity index (χ2v) is 13.5. The Hall–Kier alpha value is -5.86. The van der Waals surface area contributed by atoms with Crippen molar-refractivity contribution in [3.63, 3.8) is 0 Å². The molecule has 1 aromatic heterocycles. The number of aromatic nitrogens is 1. The fourth-order valence-electron chi connectivity index (χ4n) is 8.93. The Morgan fingerprint density at radius 2 is 0.917 bits per heavy atom. The molecule has 0 fully saturated rings. The van der Waals surface area contributed by atoms with Crippen LogP contribution in [0.1, 0.15) is 42.1 Å². The highest BCUT2D eigenvalue weighted by Gasteiger charge is 2.51. The van der Waals surface area contributed by atoms with Gasteiger partial charge in [0, 0.05) is 44.9 Å². The first kappa shape index (κ1) is 27.3. The average Bonchev–Trinajstić information content (AvgIpc) is 3.74. The molecule has 2 aliphatic carbocycles. The minimum Gasteiger partial charge on any atom is -0.338 e. The molecule has 0 saturated heterocycles. The summed E-state index contributed by atoms with van der Waals surface area (Å²) in [5, 5.41) is 2.57. The summed E-state index contributed by atoms with van der Waals surface area (Å²) < 4.78 is 2.46. The molecule has 1 spiro atoms. The van der Waals surface area contributed by atoms with Gasteiger partial charge in [0.1, 0.15) is 0 Å². The number of rotatable bonds is 4. The van der Waals surface area contributed by atoms with Crippen LogP contribution in [-0.4, -0.2) is 4.57 Å². The van der Waals surface area contributed by atoms with Gasteiger partial charge in [0.2, 0.25) is 0 Å². The van der Waals surface area contributed by atoms with E-state index in [0.29, 0.717) is 6.04 Å². The molecule has 0 aliphatic heterocycles. The SMILES string of the molecule is CC(C)n1c2ccccc2c2cc(N(c3ccccc3)c3ccc4c(c3)C3(c5ccccc5-c5ccccc53)c3ccccc3-4)ccc21. The minimum absolute atomic E-state index is 0.357. The van der Waals surface area contributed by atoms with E-state index in [9.17, 15) is 0 Å². The molecule has 48 heavy (non-hydrogen) atoms. The van der Waals surface area contributed by atoms with Gasteiger partial charge in [-0.3, -0.25) is 0 Å². The highest BCUT2D eigenvalue weighted by Crippen LogP contribution is 2.63. The zero-order valence-electron chi connectivity index (χ0n) is 27.1. The van der Waals surface area contributed by atoms with E-state index in [0.717, 1.165) is 17.1 Å². The van der Waals surface area contributed by atoms with Crippen molar-refractivity contribution < 1.29 is 0 Å². The van der Waals surface area contributed by atoms with Crippen molar-refractivity contribution in [2.24, 2.45) is 0 Å². The summed E-state index contributed by atoms with van der Waals surface area (Å²) in [6.07, 6.45) is 0. The number of anilines is 3. The molecule has 0 bridgehead atoms. The van der Waals surface area contributed by atoms with Gasteiger partial charge in [0.25, 0.3) is 0 Å². The highest BCUT2D eigenvalue weighted by molar-refractivity contribution is 6.10. The van der Waals surface area contributed by atoms with Crippen molar-refractivity contribution in [2.45, 2.75) is 25.3 Å². The average molecular weight is 615 g/mol. The monoisotopic (exact) mass is 614 g/mol. The number of nitrogens with zero attached hydrogens (tertiary/aromatic N) is 2. The van der Waals surface area contributed by atoms with E-state index >= 15 is 0 Å². The molecule has 0 unspecified atom stereocenters. The van der Waals surface area contributed by atoms with Crippen molar-refractivity contribution in [3.8, 4) is 22.3 Å². The van der Waals surface area contributed by atoms with E-state index in [-0.39, 0.29) is 5.41 Å². The maximum atomic E-state index is 2.48. The molecular formula is C46H34N2. The molecule has 0 amide bonds. The van der Waals surface area contributed by atoms with Crippen LogP contribution in [0.4, 0.5) is 17.1 Å². The summed E-state index contributed by atoms with van der Waals surface area (Å²) in [6, 6.07) is 61.2. The van der Waals surface area contributed by atoms with Crippen LogP contribution < -0.4 is 4.90 Å². The number of fused-ring (bicyclic) bond motifs is 13. The molecular weight excluding hydrogens is 581 g/mol. The molecule has 1 heterocycles. The van der Waals surface area contributed by atoms with E-state index in [1.807, 2.05) is 0 Å². The Bertz CT molecular complexity index is 2490. The summed E-state index contributed by atoms with van der Waals surface area (Å²) in [6.45, 7) is 4.54. The Balaban J connectivity index is 1.25. The first-order chi connectivity index (χ1) is 23.7. The van der Waals surface area contributed by atoms with Crippen LogP contribution in [0.15, 0.2) is 164 Å². The molecule has 2 aliphatic rings. The lowest BCUT2D eigenvalue weighted by Gasteiger charge is -2.32. The maximum absolute atomic E-state index is 2.48. The topological polar surface area (TPSA) is 8.17 Å². The van der Waals surface area contributed by atoms with E-state index in [1.165, 1.54) is 66.3 Å². The van der Waals surface area contributed by atoms with Gasteiger partial charge in [-0.15, -0.1) is 0 Å². The zero-order valence-corrected chi connectivity index (χ0v) is 27.1. The summed E-state index contributed by atoms with van der Waals surface area (Å²) in [7, 11) is 0. The number of hydrogen-bond donors (Lipinski definition) is 0. The van der Waals surface area contributed by atoms with Crippen molar-refractivity contribution in [3.05, 3.63) is 186 Å². The van der Waals surface area contributed by atoms with Gasteiger partial charge in [-0.05, 0) is 107 Å². The number of hydrogen-bond acceptors (Lipinski definition) is 1. The molecule has 2 nitrogen and oxygen atoms in total. The molecule has 228 valence electrons. The van der Waals surface area contributed by atoms with E-state index < -0.39 is 0 Å². The van der Waals surface area contributed by atoms with Crippen LogP contribution in [0.25, 0.3) is 44.1 Å². The number of para-hydroxylation sites is 2. The zero-order chi connectivity index (χ0) is 32.0. The molecule has 2 heteroatoms. The van der Waals surface area contributed by atoms with Crippen LogP contribution in [0, 0.1) is 0 Å². The first-order valence-electron chi connectivity index (χ1n) is 17.0. The molecule has 7 aromatic carbocycles. The summed E-state index contributed by atoms with van der Waals surface area (Å²) in [5.74, 6) is 0. The van der Waals surface area contributed by atoms with Gasteiger partial charge in [-0.2, -0.15) is 0 Å². The fraction of sp³-hybridized carbons (Fsp3) is 0.0870. The lowest BCUT2D eigenvalue weighted by atomic mass is 9.70. The van der Waals surface area contributed by atoms with Gasteiger partial charge >= 0.3 is 0 Å². The Labute approximate surface area is 281 Å². The first-order valence-corrected chi connectivity index (χ1v) is 17.0. The van der Waals surface area contributed by atoms with Gasteiger partial charge < -0.3 is 9.47 Å². The largest absolute Gasteiger partial charge is 0.338 e. The van der Waals surface area contributed by atoms with Crippen LogP contribution in [0.3, 0.4) is 0 Å². The van der Waals surface area contributed by atoms with E-state index in [1.54, 1.807) is 0 Å². The van der Waals surface area contributed by atoms with Crippen molar-refractivity contribution >= 4 is 38.9 Å². The molecule has 0 saturated carbocycles. The smallest absolute Gasteiger partial charge is 0.0726 e.